The van der Waals surface area contributed by atoms with E-state index >= 15 is 0 Å². The van der Waals surface area contributed by atoms with Crippen molar-refractivity contribution in [2.45, 2.75) is 56.8 Å². The molecule has 4 rings (SSSR count). The molecular formula is C27H29F5N4O7. The van der Waals surface area contributed by atoms with Crippen LogP contribution in [0.3, 0.4) is 0 Å². The quantitative estimate of drug-likeness (QED) is 0.307. The van der Waals surface area contributed by atoms with E-state index in [1.165, 1.54) is 37.4 Å². The number of carbonyl (C=O) groups is 1. The van der Waals surface area contributed by atoms with Gasteiger partial charge in [0.25, 0.3) is 0 Å². The lowest BCUT2D eigenvalue weighted by atomic mass is 9.99. The Balaban J connectivity index is 1.37. The van der Waals surface area contributed by atoms with E-state index in [0.29, 0.717) is 23.5 Å². The molecule has 5 atom stereocenters. The van der Waals surface area contributed by atoms with Crippen molar-refractivity contribution < 1.29 is 55.2 Å². The maximum Gasteiger partial charge on any atom is 0.499 e. The summed E-state index contributed by atoms with van der Waals surface area (Å²) in [5, 5.41) is 6.90. The second-order valence-corrected chi connectivity index (χ2v) is 9.26. The summed E-state index contributed by atoms with van der Waals surface area (Å²) in [4.78, 5) is 16.8. The Morgan fingerprint density at radius 1 is 0.977 bits per heavy atom. The van der Waals surface area contributed by atoms with Gasteiger partial charge in [0, 0.05) is 32.1 Å². The Hall–Kier alpha value is -3.86. The van der Waals surface area contributed by atoms with Crippen LogP contribution in [0.25, 0.3) is 17.1 Å². The van der Waals surface area contributed by atoms with Gasteiger partial charge in [0.1, 0.15) is 30.4 Å². The zero-order chi connectivity index (χ0) is 31.4. The molecule has 0 spiro atoms. The number of aromatic nitrogens is 3. The molecule has 3 aromatic rings. The van der Waals surface area contributed by atoms with E-state index < -0.39 is 54.8 Å². The maximum atomic E-state index is 13.1. The fourth-order valence-corrected chi connectivity index (χ4v) is 4.37. The maximum absolute atomic E-state index is 13.1. The molecule has 234 valence electrons. The molecule has 11 nitrogen and oxygen atoms in total. The summed E-state index contributed by atoms with van der Waals surface area (Å²) < 4.78 is 96.5. The predicted octanol–water partition coefficient (Wildman–Crippen LogP) is 5.20. The lowest BCUT2D eigenvalue weighted by Gasteiger charge is -2.43. The van der Waals surface area contributed by atoms with E-state index in [4.69, 9.17) is 23.7 Å². The number of alkyl halides is 5. The van der Waals surface area contributed by atoms with Crippen LogP contribution in [0.1, 0.15) is 13.8 Å². The van der Waals surface area contributed by atoms with Crippen molar-refractivity contribution in [3.8, 4) is 22.8 Å². The normalized spacial score (nSPS) is 22.7. The second kappa shape index (κ2) is 13.2. The number of rotatable bonds is 10. The largest absolute Gasteiger partial charge is 0.499 e. The highest BCUT2D eigenvalue weighted by molar-refractivity contribution is 5.85. The highest BCUT2D eigenvalue weighted by Crippen LogP contribution is 2.37. The van der Waals surface area contributed by atoms with E-state index in [9.17, 15) is 26.7 Å². The van der Waals surface area contributed by atoms with Crippen molar-refractivity contribution in [2.24, 2.45) is 0 Å². The van der Waals surface area contributed by atoms with Gasteiger partial charge in [0.15, 0.2) is 5.82 Å². The minimum atomic E-state index is -5.85. The number of ether oxygens (including phenoxy) is 6. The summed E-state index contributed by atoms with van der Waals surface area (Å²) in [6.45, 7) is 4.00. The molecule has 0 aliphatic carbocycles. The Bertz CT molecular complexity index is 1360. The molecule has 0 radical (unpaired) electrons. The number of nitrogens with one attached hydrogen (secondary N) is 1. The Labute approximate surface area is 242 Å². The molecule has 1 aliphatic heterocycles. The standard InChI is InChI=1S/C27H29F5N4O7/c1-5-40-21-20(38-3)15(2)41-24(22(21)39-4)42-25(37)34-17-8-6-16(7-9-17)23-33-14-36(35-23)18-10-12-19(13-11-18)43-27(31,32)26(28,29)30/h6-15,20-22,24H,5H2,1-4H3,(H,34,37)/t15-,20-,21+,22+,24+/m0/s1. The minimum absolute atomic E-state index is 0.278. The summed E-state index contributed by atoms with van der Waals surface area (Å²) in [6.07, 6.45) is -13.8. The number of benzene rings is 2. The molecule has 43 heavy (non-hydrogen) atoms. The van der Waals surface area contributed by atoms with Crippen LogP contribution in [0.2, 0.25) is 0 Å². The predicted molar refractivity (Wildman–Crippen MR) is 140 cm³/mol. The molecule has 1 aliphatic rings. The van der Waals surface area contributed by atoms with E-state index in [-0.39, 0.29) is 5.82 Å². The lowest BCUT2D eigenvalue weighted by Crippen LogP contribution is -2.60. The first-order valence-electron chi connectivity index (χ1n) is 12.9. The lowest BCUT2D eigenvalue weighted by molar-refractivity contribution is -0.360. The number of halogens is 5. The third kappa shape index (κ3) is 7.38. The number of nitrogens with zero attached hydrogens (tertiary/aromatic N) is 3. The van der Waals surface area contributed by atoms with E-state index in [0.717, 1.165) is 12.1 Å². The molecule has 2 aromatic carbocycles. The summed E-state index contributed by atoms with van der Waals surface area (Å²) in [5.74, 6) is -0.399. The van der Waals surface area contributed by atoms with Gasteiger partial charge < -0.3 is 28.4 Å². The molecule has 0 saturated carbocycles. The topological polar surface area (TPSA) is 115 Å². The van der Waals surface area contributed by atoms with Gasteiger partial charge in [-0.25, -0.2) is 14.5 Å². The number of anilines is 1. The molecule has 1 N–H and O–H groups in total. The number of carbonyl (C=O) groups excluding carboxylic acids is 1. The molecule has 1 aromatic heterocycles. The Kier molecular flexibility index (Phi) is 9.84. The van der Waals surface area contributed by atoms with Gasteiger partial charge in [-0.2, -0.15) is 22.0 Å². The number of amides is 1. The summed E-state index contributed by atoms with van der Waals surface area (Å²) in [7, 11) is 2.99. The fourth-order valence-electron chi connectivity index (χ4n) is 4.37. The van der Waals surface area contributed by atoms with E-state index in [1.807, 2.05) is 6.92 Å². The van der Waals surface area contributed by atoms with Gasteiger partial charge >= 0.3 is 18.4 Å². The summed E-state index contributed by atoms with van der Waals surface area (Å²) >= 11 is 0. The molecule has 1 fully saturated rings. The molecule has 0 unspecified atom stereocenters. The highest BCUT2D eigenvalue weighted by atomic mass is 19.4. The molecule has 2 heterocycles. The van der Waals surface area contributed by atoms with Crippen LogP contribution in [-0.4, -0.2) is 84.7 Å². The highest BCUT2D eigenvalue weighted by Gasteiger charge is 2.61. The zero-order valence-corrected chi connectivity index (χ0v) is 23.4. The molecule has 16 heteroatoms. The van der Waals surface area contributed by atoms with E-state index in [2.05, 4.69) is 20.1 Å². The third-order valence-electron chi connectivity index (χ3n) is 6.41. The van der Waals surface area contributed by atoms with Crippen molar-refractivity contribution in [1.82, 2.24) is 14.8 Å². The fraction of sp³-hybridized carbons (Fsp3) is 0.444. The molecule has 0 bridgehead atoms. The first kappa shape index (κ1) is 32.1. The molecule has 1 amide bonds. The van der Waals surface area contributed by atoms with Crippen LogP contribution in [0.5, 0.6) is 5.75 Å². The Morgan fingerprint density at radius 3 is 2.21 bits per heavy atom. The van der Waals surface area contributed by atoms with Crippen LogP contribution in [0.15, 0.2) is 54.9 Å². The SMILES string of the molecule is CCO[C@@H]1[C@@H](OC)[C@H](C)O[C@H](OC(=O)Nc2ccc(-c3ncn(-c4ccc(OC(F)(F)C(F)(F)F)cc4)n3)cc2)[C@@H]1OC. The third-order valence-corrected chi connectivity index (χ3v) is 6.41. The minimum Gasteiger partial charge on any atom is -0.426 e. The van der Waals surface area contributed by atoms with Crippen LogP contribution < -0.4 is 10.1 Å². The van der Waals surface area contributed by atoms with Gasteiger partial charge in [-0.3, -0.25) is 5.32 Å². The number of methoxy groups -OCH3 is 2. The van der Waals surface area contributed by atoms with Gasteiger partial charge in [0.05, 0.1) is 11.8 Å². The zero-order valence-electron chi connectivity index (χ0n) is 23.4. The van der Waals surface area contributed by atoms with Crippen molar-refractivity contribution in [3.05, 3.63) is 54.9 Å². The smallest absolute Gasteiger partial charge is 0.426 e. The molecular weight excluding hydrogens is 587 g/mol. The number of hydrogen-bond donors (Lipinski definition) is 1. The van der Waals surface area contributed by atoms with Crippen LogP contribution in [0, 0.1) is 0 Å². The van der Waals surface area contributed by atoms with Crippen LogP contribution >= 0.6 is 0 Å². The van der Waals surface area contributed by atoms with Crippen molar-refractivity contribution in [2.75, 3.05) is 26.1 Å². The Morgan fingerprint density at radius 2 is 1.63 bits per heavy atom. The summed E-state index contributed by atoms with van der Waals surface area (Å²) in [5.41, 5.74) is 1.30. The summed E-state index contributed by atoms with van der Waals surface area (Å²) in [6, 6.07) is 10.9. The van der Waals surface area contributed by atoms with Gasteiger partial charge in [0.2, 0.25) is 6.29 Å². The molecule has 1 saturated heterocycles. The van der Waals surface area contributed by atoms with Crippen LogP contribution in [-0.2, 0) is 23.7 Å². The second-order valence-electron chi connectivity index (χ2n) is 9.26. The number of hydrogen-bond acceptors (Lipinski definition) is 9. The average molecular weight is 617 g/mol. The van der Waals surface area contributed by atoms with E-state index in [1.54, 1.807) is 31.2 Å². The van der Waals surface area contributed by atoms with Gasteiger partial charge in [-0.1, -0.05) is 0 Å². The van der Waals surface area contributed by atoms with Crippen LogP contribution in [0.4, 0.5) is 32.4 Å². The average Bonchev–Trinajstić information content (AvgIpc) is 3.44. The van der Waals surface area contributed by atoms with Crippen molar-refractivity contribution in [3.63, 3.8) is 0 Å². The van der Waals surface area contributed by atoms with Crippen molar-refractivity contribution >= 4 is 11.8 Å². The first-order valence-corrected chi connectivity index (χ1v) is 12.9. The first-order chi connectivity index (χ1) is 20.4. The monoisotopic (exact) mass is 616 g/mol. The van der Waals surface area contributed by atoms with Gasteiger partial charge in [-0.05, 0) is 62.4 Å². The van der Waals surface area contributed by atoms with Gasteiger partial charge in [-0.15, -0.1) is 5.10 Å². The van der Waals surface area contributed by atoms with Crippen molar-refractivity contribution in [1.29, 1.82) is 0 Å².